The highest BCUT2D eigenvalue weighted by atomic mass is 16.6. The molecule has 18 heavy (non-hydrogen) atoms. The first-order chi connectivity index (χ1) is 8.68. The van der Waals surface area contributed by atoms with Crippen LogP contribution in [0, 0.1) is 41.4 Å². The standard InChI is InChI=1S/C15H16O3/c1-5-8-10-6-2-3-7(4-6)11(10)9(5)13-12(8)14(16)18-15(13)17/h5-9,12-13H,2-4H2,1H3/t6-,7-,8-,9-,12-,13-/m0/s1. The van der Waals surface area contributed by atoms with Gasteiger partial charge in [0.05, 0.1) is 11.8 Å². The quantitative estimate of drug-likeness (QED) is 0.283. The van der Waals surface area contributed by atoms with Crippen LogP contribution in [-0.4, -0.2) is 11.9 Å². The molecule has 4 aliphatic carbocycles. The zero-order chi connectivity index (χ0) is 12.2. The van der Waals surface area contributed by atoms with E-state index in [4.69, 9.17) is 4.74 Å². The Balaban J connectivity index is 1.71. The van der Waals surface area contributed by atoms with Crippen LogP contribution in [0.3, 0.4) is 0 Å². The number of rotatable bonds is 0. The monoisotopic (exact) mass is 244 g/mol. The maximum Gasteiger partial charge on any atom is 0.318 e. The molecule has 0 amide bonds. The molecule has 1 saturated heterocycles. The van der Waals surface area contributed by atoms with E-state index in [1.165, 1.54) is 19.3 Å². The molecule has 1 heterocycles. The minimum absolute atomic E-state index is 0.129. The Morgan fingerprint density at radius 2 is 1.39 bits per heavy atom. The van der Waals surface area contributed by atoms with E-state index in [9.17, 15) is 9.59 Å². The summed E-state index contributed by atoms with van der Waals surface area (Å²) in [5, 5.41) is 0. The average Bonchev–Trinajstić information content (AvgIpc) is 3.07. The number of allylic oxidation sites excluding steroid dienone is 2. The van der Waals surface area contributed by atoms with Gasteiger partial charge in [0, 0.05) is 0 Å². The van der Waals surface area contributed by atoms with Gasteiger partial charge >= 0.3 is 11.9 Å². The maximum absolute atomic E-state index is 11.9. The summed E-state index contributed by atoms with van der Waals surface area (Å²) in [6, 6.07) is 0. The van der Waals surface area contributed by atoms with E-state index in [2.05, 4.69) is 6.92 Å². The summed E-state index contributed by atoms with van der Waals surface area (Å²) in [6.07, 6.45) is 3.91. The molecule has 3 nitrogen and oxygen atoms in total. The number of hydrogen-bond donors (Lipinski definition) is 0. The van der Waals surface area contributed by atoms with Gasteiger partial charge in [-0.1, -0.05) is 18.1 Å². The van der Waals surface area contributed by atoms with Crippen LogP contribution in [0.2, 0.25) is 0 Å². The Bertz CT molecular complexity index is 488. The van der Waals surface area contributed by atoms with Crippen LogP contribution >= 0.6 is 0 Å². The summed E-state index contributed by atoms with van der Waals surface area (Å²) in [6.45, 7) is 2.24. The molecular formula is C15H16O3. The summed E-state index contributed by atoms with van der Waals surface area (Å²) in [5.41, 5.74) is 3.19. The average molecular weight is 244 g/mol. The summed E-state index contributed by atoms with van der Waals surface area (Å²) in [5.74, 6) is 1.89. The van der Waals surface area contributed by atoms with Crippen molar-refractivity contribution in [2.75, 3.05) is 0 Å². The fourth-order valence-corrected chi connectivity index (χ4v) is 6.05. The lowest BCUT2D eigenvalue weighted by atomic mass is 9.72. The number of cyclic esters (lactones) is 2. The Kier molecular flexibility index (Phi) is 1.48. The van der Waals surface area contributed by atoms with Crippen LogP contribution < -0.4 is 0 Å². The normalized spacial score (nSPS) is 55.3. The highest BCUT2D eigenvalue weighted by Crippen LogP contribution is 2.70. The Morgan fingerprint density at radius 1 is 0.889 bits per heavy atom. The van der Waals surface area contributed by atoms with Crippen LogP contribution in [0.15, 0.2) is 11.1 Å². The van der Waals surface area contributed by atoms with Crippen molar-refractivity contribution in [1.29, 1.82) is 0 Å². The van der Waals surface area contributed by atoms with Gasteiger partial charge in [0.2, 0.25) is 0 Å². The summed E-state index contributed by atoms with van der Waals surface area (Å²) in [7, 11) is 0. The molecule has 5 rings (SSSR count). The van der Waals surface area contributed by atoms with E-state index in [1.807, 2.05) is 0 Å². The molecule has 0 N–H and O–H groups in total. The zero-order valence-corrected chi connectivity index (χ0v) is 10.4. The van der Waals surface area contributed by atoms with Gasteiger partial charge in [-0.15, -0.1) is 0 Å². The van der Waals surface area contributed by atoms with Crippen molar-refractivity contribution in [2.24, 2.45) is 41.4 Å². The van der Waals surface area contributed by atoms with E-state index < -0.39 is 0 Å². The van der Waals surface area contributed by atoms with Crippen LogP contribution in [0.5, 0.6) is 0 Å². The van der Waals surface area contributed by atoms with Crippen molar-refractivity contribution < 1.29 is 14.3 Å². The lowest BCUT2D eigenvalue weighted by Gasteiger charge is -2.28. The minimum Gasteiger partial charge on any atom is -0.393 e. The highest BCUT2D eigenvalue weighted by molar-refractivity contribution is 5.98. The Morgan fingerprint density at radius 3 is 1.89 bits per heavy atom. The predicted molar refractivity (Wildman–Crippen MR) is 62.1 cm³/mol. The molecule has 0 radical (unpaired) electrons. The van der Waals surface area contributed by atoms with E-state index in [1.54, 1.807) is 11.1 Å². The van der Waals surface area contributed by atoms with Crippen LogP contribution in [0.4, 0.5) is 0 Å². The molecule has 6 atom stereocenters. The number of carbonyl (C=O) groups excluding carboxylic acids is 2. The van der Waals surface area contributed by atoms with E-state index in [0.717, 1.165) is 11.8 Å². The van der Waals surface area contributed by atoms with Crippen molar-refractivity contribution in [2.45, 2.75) is 26.2 Å². The van der Waals surface area contributed by atoms with Gasteiger partial charge in [-0.05, 0) is 48.9 Å². The third kappa shape index (κ3) is 0.799. The molecule has 94 valence electrons. The molecule has 0 spiro atoms. The first-order valence-corrected chi connectivity index (χ1v) is 7.18. The second kappa shape index (κ2) is 2.73. The molecule has 3 fully saturated rings. The van der Waals surface area contributed by atoms with Gasteiger partial charge in [-0.2, -0.15) is 0 Å². The molecule has 4 bridgehead atoms. The van der Waals surface area contributed by atoms with Gasteiger partial charge in [0.15, 0.2) is 0 Å². The number of esters is 2. The lowest BCUT2D eigenvalue weighted by Crippen LogP contribution is -2.29. The van der Waals surface area contributed by atoms with Crippen molar-refractivity contribution in [3.8, 4) is 0 Å². The molecule has 5 aliphatic rings. The van der Waals surface area contributed by atoms with E-state index in [0.29, 0.717) is 17.8 Å². The van der Waals surface area contributed by atoms with Crippen molar-refractivity contribution in [1.82, 2.24) is 0 Å². The van der Waals surface area contributed by atoms with Gasteiger partial charge in [-0.3, -0.25) is 9.59 Å². The summed E-state index contributed by atoms with van der Waals surface area (Å²) >= 11 is 0. The maximum atomic E-state index is 11.9. The molecule has 1 aliphatic heterocycles. The van der Waals surface area contributed by atoms with Crippen molar-refractivity contribution >= 4 is 11.9 Å². The van der Waals surface area contributed by atoms with Crippen LogP contribution in [0.1, 0.15) is 26.2 Å². The van der Waals surface area contributed by atoms with Crippen molar-refractivity contribution in [3.63, 3.8) is 0 Å². The highest BCUT2D eigenvalue weighted by Gasteiger charge is 2.69. The second-order valence-electron chi connectivity index (χ2n) is 6.82. The Labute approximate surface area is 106 Å². The molecular weight excluding hydrogens is 228 g/mol. The third-order valence-corrected chi connectivity index (χ3v) is 6.40. The minimum atomic E-state index is -0.237. The summed E-state index contributed by atoms with van der Waals surface area (Å²) in [4.78, 5) is 23.9. The Hall–Kier alpha value is -1.12. The fourth-order valence-electron chi connectivity index (χ4n) is 6.05. The van der Waals surface area contributed by atoms with E-state index >= 15 is 0 Å². The number of carbonyl (C=O) groups is 2. The van der Waals surface area contributed by atoms with Gasteiger partial charge in [-0.25, -0.2) is 0 Å². The van der Waals surface area contributed by atoms with Gasteiger partial charge in [0.1, 0.15) is 0 Å². The smallest absolute Gasteiger partial charge is 0.318 e. The molecule has 0 aromatic rings. The molecule has 3 heteroatoms. The first kappa shape index (κ1) is 9.76. The van der Waals surface area contributed by atoms with Crippen LogP contribution in [0.25, 0.3) is 0 Å². The first-order valence-electron chi connectivity index (χ1n) is 7.18. The van der Waals surface area contributed by atoms with Crippen LogP contribution in [-0.2, 0) is 14.3 Å². The molecule has 0 unspecified atom stereocenters. The third-order valence-electron chi connectivity index (χ3n) is 6.40. The lowest BCUT2D eigenvalue weighted by molar-refractivity contribution is -0.155. The second-order valence-corrected chi connectivity index (χ2v) is 6.82. The molecule has 0 aromatic carbocycles. The van der Waals surface area contributed by atoms with Gasteiger partial charge in [0.25, 0.3) is 0 Å². The molecule has 0 aromatic heterocycles. The topological polar surface area (TPSA) is 43.4 Å². The number of hydrogen-bond acceptors (Lipinski definition) is 3. The fraction of sp³-hybridized carbons (Fsp3) is 0.733. The number of fused-ring (bicyclic) bond motifs is 11. The van der Waals surface area contributed by atoms with Gasteiger partial charge < -0.3 is 4.74 Å². The predicted octanol–water partition coefficient (Wildman–Crippen LogP) is 1.92. The zero-order valence-electron chi connectivity index (χ0n) is 10.4. The van der Waals surface area contributed by atoms with E-state index in [-0.39, 0.29) is 23.8 Å². The van der Waals surface area contributed by atoms with Crippen molar-refractivity contribution in [3.05, 3.63) is 11.1 Å². The molecule has 2 saturated carbocycles. The summed E-state index contributed by atoms with van der Waals surface area (Å²) < 4.78 is 4.91. The number of ether oxygens (including phenoxy) is 1. The SMILES string of the molecule is CC1[C@H]2C3=C([C@H]4CC[C@H]3C4)[C@H]1[C@@H]1C(=O)OC(=O)[C@H]12. The largest absolute Gasteiger partial charge is 0.393 e.